The van der Waals surface area contributed by atoms with Gasteiger partial charge in [0.05, 0.1) is 6.54 Å². The van der Waals surface area contributed by atoms with Crippen molar-refractivity contribution in [3.05, 3.63) is 23.7 Å². The lowest BCUT2D eigenvalue weighted by atomic mass is 9.86. The molecule has 1 spiro atoms. The fourth-order valence-corrected chi connectivity index (χ4v) is 3.75. The Bertz CT molecular complexity index is 578. The van der Waals surface area contributed by atoms with Crippen LogP contribution in [-0.2, 0) is 6.54 Å². The summed E-state index contributed by atoms with van der Waals surface area (Å²) in [5.41, 5.74) is 5.71. The van der Waals surface area contributed by atoms with E-state index >= 15 is 0 Å². The Balaban J connectivity index is 0.00000192. The van der Waals surface area contributed by atoms with E-state index in [1.165, 1.54) is 32.1 Å². The lowest BCUT2D eigenvalue weighted by Gasteiger charge is -2.25. The molecule has 0 aromatic carbocycles. The van der Waals surface area contributed by atoms with Gasteiger partial charge < -0.3 is 20.4 Å². The highest BCUT2D eigenvalue weighted by molar-refractivity contribution is 14.0. The second kappa shape index (κ2) is 7.55. The van der Waals surface area contributed by atoms with Crippen molar-refractivity contribution in [2.24, 2.45) is 16.1 Å². The standard InChI is InChI=1S/C16H24N4O2.HI/c1-18-15(19-10-12-4-5-13(22-12)14(17)21)20-9-8-16(11-20)6-2-3-7-16;/h4-5H,2-3,6-11H2,1H3,(H2,17,21)(H,18,19);1H. The van der Waals surface area contributed by atoms with Crippen LogP contribution in [-0.4, -0.2) is 36.9 Å². The SMILES string of the molecule is CN=C(NCc1ccc(C(N)=O)o1)N1CCC2(CCCC2)C1.I. The third-order valence-corrected chi connectivity index (χ3v) is 4.94. The number of guanidine groups is 1. The third-order valence-electron chi connectivity index (χ3n) is 4.94. The Morgan fingerprint density at radius 2 is 2.13 bits per heavy atom. The normalized spacial score (nSPS) is 19.9. The van der Waals surface area contributed by atoms with Crippen molar-refractivity contribution in [3.8, 4) is 0 Å². The highest BCUT2D eigenvalue weighted by Gasteiger charge is 2.41. The van der Waals surface area contributed by atoms with E-state index in [0.29, 0.717) is 17.7 Å². The summed E-state index contributed by atoms with van der Waals surface area (Å²) >= 11 is 0. The zero-order valence-corrected chi connectivity index (χ0v) is 15.8. The summed E-state index contributed by atoms with van der Waals surface area (Å²) in [6.45, 7) is 2.66. The van der Waals surface area contributed by atoms with Crippen LogP contribution in [0.1, 0.15) is 48.4 Å². The highest BCUT2D eigenvalue weighted by Crippen LogP contribution is 2.45. The molecule has 1 aromatic heterocycles. The summed E-state index contributed by atoms with van der Waals surface area (Å²) in [7, 11) is 1.80. The second-order valence-electron chi connectivity index (χ2n) is 6.41. The quantitative estimate of drug-likeness (QED) is 0.437. The third kappa shape index (κ3) is 3.99. The monoisotopic (exact) mass is 432 g/mol. The van der Waals surface area contributed by atoms with E-state index in [9.17, 15) is 4.79 Å². The number of carbonyl (C=O) groups excluding carboxylic acids is 1. The number of carbonyl (C=O) groups is 1. The topological polar surface area (TPSA) is 83.9 Å². The molecule has 0 atom stereocenters. The van der Waals surface area contributed by atoms with Gasteiger partial charge >= 0.3 is 0 Å². The van der Waals surface area contributed by atoms with Gasteiger partial charge in [0.1, 0.15) is 5.76 Å². The number of hydrogen-bond acceptors (Lipinski definition) is 3. The maximum atomic E-state index is 11.0. The maximum absolute atomic E-state index is 11.0. The molecule has 1 amide bonds. The smallest absolute Gasteiger partial charge is 0.284 e. The predicted molar refractivity (Wildman–Crippen MR) is 99.9 cm³/mol. The molecular weight excluding hydrogens is 407 g/mol. The number of nitrogens with zero attached hydrogens (tertiary/aromatic N) is 2. The molecule has 2 fully saturated rings. The van der Waals surface area contributed by atoms with Gasteiger partial charge in [0.15, 0.2) is 11.7 Å². The Kier molecular flexibility index (Phi) is 5.94. The van der Waals surface area contributed by atoms with E-state index in [2.05, 4.69) is 15.2 Å². The van der Waals surface area contributed by atoms with Crippen molar-refractivity contribution in [3.63, 3.8) is 0 Å². The fourth-order valence-electron chi connectivity index (χ4n) is 3.75. The summed E-state index contributed by atoms with van der Waals surface area (Å²) < 4.78 is 5.39. The van der Waals surface area contributed by atoms with Gasteiger partial charge in [0.2, 0.25) is 0 Å². The molecule has 7 heteroatoms. The first-order valence-corrected chi connectivity index (χ1v) is 7.96. The molecule has 23 heavy (non-hydrogen) atoms. The van der Waals surface area contributed by atoms with Gasteiger partial charge in [-0.05, 0) is 36.8 Å². The molecule has 128 valence electrons. The average Bonchev–Trinajstić information content (AvgIpc) is 3.23. The van der Waals surface area contributed by atoms with Gasteiger partial charge in [-0.15, -0.1) is 24.0 Å². The molecular formula is C16H25IN4O2. The molecule has 1 aromatic rings. The van der Waals surface area contributed by atoms with Crippen LogP contribution in [0.5, 0.6) is 0 Å². The van der Waals surface area contributed by atoms with Crippen LogP contribution in [0.25, 0.3) is 0 Å². The first-order valence-electron chi connectivity index (χ1n) is 7.96. The minimum atomic E-state index is -0.543. The summed E-state index contributed by atoms with van der Waals surface area (Å²) in [6, 6.07) is 3.37. The molecule has 6 nitrogen and oxygen atoms in total. The lowest BCUT2D eigenvalue weighted by molar-refractivity contribution is 0.0972. The van der Waals surface area contributed by atoms with Crippen LogP contribution in [0.2, 0.25) is 0 Å². The number of rotatable bonds is 3. The Morgan fingerprint density at radius 3 is 2.74 bits per heavy atom. The summed E-state index contributed by atoms with van der Waals surface area (Å²) in [5.74, 6) is 1.24. The highest BCUT2D eigenvalue weighted by atomic mass is 127. The zero-order chi connectivity index (χ0) is 15.6. The number of furan rings is 1. The number of hydrogen-bond donors (Lipinski definition) is 2. The molecule has 1 saturated heterocycles. The van der Waals surface area contributed by atoms with E-state index < -0.39 is 5.91 Å². The molecule has 3 N–H and O–H groups in total. The number of primary amides is 1. The zero-order valence-electron chi connectivity index (χ0n) is 13.5. The molecule has 0 radical (unpaired) electrons. The molecule has 1 saturated carbocycles. The first kappa shape index (κ1) is 18.1. The second-order valence-corrected chi connectivity index (χ2v) is 6.41. The van der Waals surface area contributed by atoms with Crippen LogP contribution in [0.4, 0.5) is 0 Å². The Hall–Kier alpha value is -1.25. The molecule has 1 aliphatic heterocycles. The molecule has 3 rings (SSSR count). The van der Waals surface area contributed by atoms with Crippen LogP contribution < -0.4 is 11.1 Å². The Labute approximate surface area is 153 Å². The number of amides is 1. The van der Waals surface area contributed by atoms with E-state index in [4.69, 9.17) is 10.2 Å². The first-order chi connectivity index (χ1) is 10.6. The summed E-state index contributed by atoms with van der Waals surface area (Å²) in [6.07, 6.45) is 6.69. The van der Waals surface area contributed by atoms with Gasteiger partial charge in [0.25, 0.3) is 5.91 Å². The summed E-state index contributed by atoms with van der Waals surface area (Å²) in [4.78, 5) is 17.8. The van der Waals surface area contributed by atoms with Crippen molar-refractivity contribution in [1.29, 1.82) is 0 Å². The Morgan fingerprint density at radius 1 is 1.39 bits per heavy atom. The van der Waals surface area contributed by atoms with Gasteiger partial charge in [-0.25, -0.2) is 0 Å². The van der Waals surface area contributed by atoms with E-state index in [0.717, 1.165) is 19.0 Å². The molecule has 0 bridgehead atoms. The molecule has 0 unspecified atom stereocenters. The minimum absolute atomic E-state index is 0. The largest absolute Gasteiger partial charge is 0.454 e. The lowest BCUT2D eigenvalue weighted by Crippen LogP contribution is -2.40. The van der Waals surface area contributed by atoms with Gasteiger partial charge in [-0.3, -0.25) is 9.79 Å². The molecule has 1 aliphatic carbocycles. The predicted octanol–water partition coefficient (Wildman–Crippen LogP) is 2.34. The van der Waals surface area contributed by atoms with Gasteiger partial charge in [-0.1, -0.05) is 12.8 Å². The van der Waals surface area contributed by atoms with E-state index in [1.807, 2.05) is 0 Å². The number of likely N-dealkylation sites (tertiary alicyclic amines) is 1. The van der Waals surface area contributed by atoms with Crippen LogP contribution in [0.15, 0.2) is 21.5 Å². The number of nitrogens with two attached hydrogens (primary N) is 1. The van der Waals surface area contributed by atoms with Gasteiger partial charge in [0, 0.05) is 20.1 Å². The van der Waals surface area contributed by atoms with E-state index in [1.54, 1.807) is 19.2 Å². The van der Waals surface area contributed by atoms with Crippen LogP contribution >= 0.6 is 24.0 Å². The van der Waals surface area contributed by atoms with Crippen molar-refractivity contribution < 1.29 is 9.21 Å². The van der Waals surface area contributed by atoms with Crippen molar-refractivity contribution in [2.45, 2.75) is 38.6 Å². The maximum Gasteiger partial charge on any atom is 0.284 e. The average molecular weight is 432 g/mol. The molecule has 2 aliphatic rings. The van der Waals surface area contributed by atoms with Crippen LogP contribution in [0, 0.1) is 5.41 Å². The van der Waals surface area contributed by atoms with Crippen molar-refractivity contribution in [1.82, 2.24) is 10.2 Å². The minimum Gasteiger partial charge on any atom is -0.454 e. The van der Waals surface area contributed by atoms with Crippen LogP contribution in [0.3, 0.4) is 0 Å². The molecule has 2 heterocycles. The van der Waals surface area contributed by atoms with Crippen molar-refractivity contribution >= 4 is 35.8 Å². The van der Waals surface area contributed by atoms with E-state index in [-0.39, 0.29) is 29.7 Å². The summed E-state index contributed by atoms with van der Waals surface area (Å²) in [5, 5.41) is 3.32. The number of halogens is 1. The van der Waals surface area contributed by atoms with Crippen molar-refractivity contribution in [2.75, 3.05) is 20.1 Å². The number of aliphatic imine (C=N–C) groups is 1. The number of nitrogens with one attached hydrogen (secondary N) is 1. The van der Waals surface area contributed by atoms with Gasteiger partial charge in [-0.2, -0.15) is 0 Å². The fraction of sp³-hybridized carbons (Fsp3) is 0.625.